The summed E-state index contributed by atoms with van der Waals surface area (Å²) >= 11 is 0. The summed E-state index contributed by atoms with van der Waals surface area (Å²) in [6, 6.07) is 98.3. The smallest absolute Gasteiger partial charge is 0.252 e. The van der Waals surface area contributed by atoms with Crippen molar-refractivity contribution in [2.75, 3.05) is 9.80 Å². The number of furan rings is 2. The Labute approximate surface area is 557 Å². The van der Waals surface area contributed by atoms with E-state index in [4.69, 9.17) is 8.83 Å². The van der Waals surface area contributed by atoms with Crippen molar-refractivity contribution >= 4 is 145 Å². The van der Waals surface area contributed by atoms with Gasteiger partial charge in [-0.3, -0.25) is 0 Å². The fourth-order valence-electron chi connectivity index (χ4n) is 17.1. The molecular weight excluding hydrogens is 1170 g/mol. The third-order valence-electron chi connectivity index (χ3n) is 21.8. The topological polar surface area (TPSA) is 42.6 Å². The van der Waals surface area contributed by atoms with Gasteiger partial charge in [0, 0.05) is 71.9 Å². The third kappa shape index (κ3) is 7.65. The highest BCUT2D eigenvalue weighted by atomic mass is 16.3. The predicted molar refractivity (Wildman–Crippen MR) is 404 cm³/mol. The van der Waals surface area contributed by atoms with E-state index in [0.29, 0.717) is 0 Å². The zero-order chi connectivity index (χ0) is 64.4. The lowest BCUT2D eigenvalue weighted by molar-refractivity contribution is 0.589. The van der Waals surface area contributed by atoms with Crippen molar-refractivity contribution in [2.45, 2.75) is 71.6 Å². The van der Waals surface area contributed by atoms with Crippen LogP contribution in [0.3, 0.4) is 0 Å². The van der Waals surface area contributed by atoms with Crippen molar-refractivity contribution in [1.82, 2.24) is 9.13 Å². The molecule has 458 valence electrons. The van der Waals surface area contributed by atoms with Crippen LogP contribution in [-0.2, 0) is 16.2 Å². The standard InChI is InChI=1S/C89H67BN4O2/c1-87(2,3)54-38-41-66-62(46-54)63-48-76-68(50-67(63)89(66,7)8)90-69-51-75-65(64-47-55(88(4,5)6)39-42-71(64)92(75)57-25-13-10-14-26-57)49-77(69)94(73-32-22-36-83-85(73)61-29-17-20-34-81(61)96-83)79-45-53(44-78(86(79)90)93(76)72-31-21-35-82-84(72)60-28-16-19-33-80(60)95-82)52-37-40-59-58-27-15-18-30-70(58)91(74(59)43-52)56-23-11-9-12-24-56/h9-51H,1-8H3. The molecule has 4 aromatic heterocycles. The van der Waals surface area contributed by atoms with Crippen LogP contribution in [0.5, 0.6) is 0 Å². The lowest BCUT2D eigenvalue weighted by Gasteiger charge is -2.45. The van der Waals surface area contributed by atoms with E-state index in [9.17, 15) is 0 Å². The zero-order valence-electron chi connectivity index (χ0n) is 55.0. The minimum Gasteiger partial charge on any atom is -0.456 e. The van der Waals surface area contributed by atoms with E-state index in [2.05, 4.69) is 335 Å². The second-order valence-electron chi connectivity index (χ2n) is 29.6. The van der Waals surface area contributed by atoms with Gasteiger partial charge in [-0.2, -0.15) is 0 Å². The Morgan fingerprint density at radius 3 is 1.44 bits per heavy atom. The van der Waals surface area contributed by atoms with Gasteiger partial charge >= 0.3 is 0 Å². The summed E-state index contributed by atoms with van der Waals surface area (Å²) in [7, 11) is 0. The summed E-state index contributed by atoms with van der Waals surface area (Å²) in [6.07, 6.45) is 0. The molecule has 7 heteroatoms. The van der Waals surface area contributed by atoms with Crippen LogP contribution in [0.1, 0.15) is 77.6 Å². The number of nitrogens with zero attached hydrogens (tertiary/aromatic N) is 4. The van der Waals surface area contributed by atoms with Crippen molar-refractivity contribution in [3.63, 3.8) is 0 Å². The first-order valence-corrected chi connectivity index (χ1v) is 33.8. The molecule has 6 heterocycles. The van der Waals surface area contributed by atoms with Crippen LogP contribution in [0.25, 0.3) is 121 Å². The number of aromatic nitrogens is 2. The average molecular weight is 1240 g/mol. The molecule has 0 radical (unpaired) electrons. The Morgan fingerprint density at radius 1 is 0.323 bits per heavy atom. The van der Waals surface area contributed by atoms with Crippen molar-refractivity contribution in [1.29, 1.82) is 0 Å². The van der Waals surface area contributed by atoms with E-state index < -0.39 is 0 Å². The van der Waals surface area contributed by atoms with Crippen LogP contribution < -0.4 is 26.2 Å². The minimum atomic E-state index is -0.314. The van der Waals surface area contributed by atoms with Gasteiger partial charge in [0.1, 0.15) is 22.3 Å². The fourth-order valence-corrected chi connectivity index (χ4v) is 17.1. The first kappa shape index (κ1) is 55.2. The van der Waals surface area contributed by atoms with Crippen molar-refractivity contribution in [3.05, 3.63) is 283 Å². The van der Waals surface area contributed by atoms with Gasteiger partial charge in [-0.25, -0.2) is 0 Å². The van der Waals surface area contributed by atoms with Gasteiger partial charge in [0.05, 0.1) is 44.2 Å². The van der Waals surface area contributed by atoms with E-state index in [1.807, 2.05) is 0 Å². The third-order valence-corrected chi connectivity index (χ3v) is 21.8. The number of fused-ring (bicyclic) bond motifs is 19. The average Bonchev–Trinajstić information content (AvgIpc) is 1.06. The highest BCUT2D eigenvalue weighted by Crippen LogP contribution is 2.56. The summed E-state index contributed by atoms with van der Waals surface area (Å²) in [5.41, 5.74) is 30.3. The zero-order valence-corrected chi connectivity index (χ0v) is 55.0. The Kier molecular flexibility index (Phi) is 11.2. The molecule has 6 nitrogen and oxygen atoms in total. The molecule has 0 spiro atoms. The molecule has 13 aromatic carbocycles. The molecule has 3 aliphatic rings. The van der Waals surface area contributed by atoms with Crippen LogP contribution in [0.4, 0.5) is 34.1 Å². The molecule has 0 N–H and O–H groups in total. The van der Waals surface area contributed by atoms with E-state index in [0.717, 1.165) is 106 Å². The molecule has 2 aliphatic heterocycles. The van der Waals surface area contributed by atoms with Crippen molar-refractivity contribution < 1.29 is 8.83 Å². The number of hydrogen-bond acceptors (Lipinski definition) is 4. The van der Waals surface area contributed by atoms with E-state index in [1.54, 1.807) is 0 Å². The maximum absolute atomic E-state index is 6.92. The number of para-hydroxylation sites is 5. The summed E-state index contributed by atoms with van der Waals surface area (Å²) in [5.74, 6) is 0. The number of hydrogen-bond donors (Lipinski definition) is 0. The number of rotatable bonds is 5. The normalized spacial score (nSPS) is 14.1. The highest BCUT2D eigenvalue weighted by Gasteiger charge is 2.48. The lowest BCUT2D eigenvalue weighted by atomic mass is 9.33. The molecule has 17 aromatic rings. The van der Waals surface area contributed by atoms with Gasteiger partial charge in [0.2, 0.25) is 0 Å². The summed E-state index contributed by atoms with van der Waals surface area (Å²) in [4.78, 5) is 5.27. The molecule has 0 saturated carbocycles. The second kappa shape index (κ2) is 19.4. The Morgan fingerprint density at radius 2 is 0.812 bits per heavy atom. The Hall–Kier alpha value is -11.3. The first-order valence-electron chi connectivity index (χ1n) is 33.8. The van der Waals surface area contributed by atoms with Crippen LogP contribution >= 0.6 is 0 Å². The molecule has 0 saturated heterocycles. The monoisotopic (exact) mass is 1230 g/mol. The second-order valence-corrected chi connectivity index (χ2v) is 29.6. The van der Waals surface area contributed by atoms with Gasteiger partial charge in [0.25, 0.3) is 6.71 Å². The number of benzene rings is 13. The molecule has 96 heavy (non-hydrogen) atoms. The maximum Gasteiger partial charge on any atom is 0.252 e. The van der Waals surface area contributed by atoms with Gasteiger partial charge in [0.15, 0.2) is 0 Å². The quantitative estimate of drug-likeness (QED) is 0.161. The maximum atomic E-state index is 6.92. The molecular formula is C89H67BN4O2. The van der Waals surface area contributed by atoms with Crippen molar-refractivity contribution in [3.8, 4) is 33.6 Å². The highest BCUT2D eigenvalue weighted by molar-refractivity contribution is 7.00. The summed E-state index contributed by atoms with van der Waals surface area (Å²) in [5, 5.41) is 9.15. The largest absolute Gasteiger partial charge is 0.456 e. The molecule has 20 rings (SSSR count). The summed E-state index contributed by atoms with van der Waals surface area (Å²) in [6.45, 7) is 18.6. The Bertz CT molecular complexity index is 6220. The van der Waals surface area contributed by atoms with Crippen LogP contribution in [0, 0.1) is 0 Å². The van der Waals surface area contributed by atoms with Gasteiger partial charge in [-0.15, -0.1) is 0 Å². The molecule has 0 unspecified atom stereocenters. The molecule has 0 bridgehead atoms. The van der Waals surface area contributed by atoms with E-state index >= 15 is 0 Å². The lowest BCUT2D eigenvalue weighted by Crippen LogP contribution is -2.61. The predicted octanol–water partition coefficient (Wildman–Crippen LogP) is 22.3. The first-order chi connectivity index (χ1) is 46.6. The minimum absolute atomic E-state index is 0.0585. The molecule has 1 aliphatic carbocycles. The van der Waals surface area contributed by atoms with E-state index in [1.165, 1.54) is 87.9 Å². The van der Waals surface area contributed by atoms with Gasteiger partial charge in [-0.1, -0.05) is 201 Å². The van der Waals surface area contributed by atoms with Crippen LogP contribution in [-0.4, -0.2) is 15.8 Å². The number of anilines is 6. The SMILES string of the molecule is CC(C)(C)c1ccc2c(c1)-c1cc3c(cc1C2(C)C)B1c2cc4c(cc2N(c2cccc5oc6ccccc6c25)c2cc(-c5ccc6c7ccccc7n(-c7ccccc7)c6c5)cc(c21)N3c1cccc2oc3ccccc3c12)c1cc(C(C)(C)C)ccc1n4-c1ccccc1. The van der Waals surface area contributed by atoms with Gasteiger partial charge < -0.3 is 27.8 Å². The van der Waals surface area contributed by atoms with E-state index in [-0.39, 0.29) is 23.0 Å². The Balaban J connectivity index is 0.980. The fraction of sp³-hybridized carbons (Fsp3) is 0.124. The molecule has 0 atom stereocenters. The molecule has 0 amide bonds. The van der Waals surface area contributed by atoms with Crippen LogP contribution in [0.2, 0.25) is 0 Å². The van der Waals surface area contributed by atoms with Gasteiger partial charge in [-0.05, 0) is 187 Å². The molecule has 0 fully saturated rings. The summed E-state index contributed by atoms with van der Waals surface area (Å²) < 4.78 is 18.8. The van der Waals surface area contributed by atoms with Crippen LogP contribution in [0.15, 0.2) is 270 Å². The van der Waals surface area contributed by atoms with Crippen molar-refractivity contribution in [2.24, 2.45) is 0 Å².